The van der Waals surface area contributed by atoms with Crippen molar-refractivity contribution < 1.29 is 31.4 Å². The number of aliphatic hydroxyl groups is 1. The number of pyridine rings is 1. The first-order valence-electron chi connectivity index (χ1n) is 3.93. The van der Waals surface area contributed by atoms with E-state index in [0.29, 0.717) is 0 Å². The van der Waals surface area contributed by atoms with Crippen molar-refractivity contribution in [2.75, 3.05) is 0 Å². The minimum Gasteiger partial charge on any atom is -0.391 e. The SMILES string of the molecule is OCc1c(F)cc(C(F)(F)F)nc1C(F)F. The number of rotatable bonds is 2. The third-order valence-electron chi connectivity index (χ3n) is 1.76. The molecule has 0 atom stereocenters. The van der Waals surface area contributed by atoms with Crippen LogP contribution in [0, 0.1) is 5.82 Å². The fourth-order valence-electron chi connectivity index (χ4n) is 1.04. The van der Waals surface area contributed by atoms with Gasteiger partial charge in [0.15, 0.2) is 0 Å². The molecule has 0 amide bonds. The predicted molar refractivity (Wildman–Crippen MR) is 40.1 cm³/mol. The summed E-state index contributed by atoms with van der Waals surface area (Å²) in [6, 6.07) is -0.0303. The third-order valence-corrected chi connectivity index (χ3v) is 1.76. The van der Waals surface area contributed by atoms with Crippen LogP contribution < -0.4 is 0 Å². The summed E-state index contributed by atoms with van der Waals surface area (Å²) in [5.74, 6) is -1.56. The highest BCUT2D eigenvalue weighted by atomic mass is 19.4. The first kappa shape index (κ1) is 12.8. The quantitative estimate of drug-likeness (QED) is 0.812. The molecule has 0 saturated heterocycles. The van der Waals surface area contributed by atoms with Crippen LogP contribution in [0.4, 0.5) is 26.3 Å². The highest BCUT2D eigenvalue weighted by molar-refractivity contribution is 5.26. The van der Waals surface area contributed by atoms with Crippen molar-refractivity contribution in [2.45, 2.75) is 19.2 Å². The van der Waals surface area contributed by atoms with Gasteiger partial charge in [-0.05, 0) is 0 Å². The maximum Gasteiger partial charge on any atom is 0.433 e. The van der Waals surface area contributed by atoms with Crippen molar-refractivity contribution in [1.82, 2.24) is 4.98 Å². The van der Waals surface area contributed by atoms with Crippen LogP contribution >= 0.6 is 0 Å². The van der Waals surface area contributed by atoms with E-state index < -0.39 is 42.0 Å². The maximum atomic E-state index is 13.0. The fraction of sp³-hybridized carbons (Fsp3) is 0.375. The van der Waals surface area contributed by atoms with Crippen LogP contribution in [-0.2, 0) is 12.8 Å². The summed E-state index contributed by atoms with van der Waals surface area (Å²) in [6.07, 6.45) is -8.41. The molecule has 0 aliphatic rings. The lowest BCUT2D eigenvalue weighted by molar-refractivity contribution is -0.141. The van der Waals surface area contributed by atoms with Gasteiger partial charge in [0.25, 0.3) is 6.43 Å². The second-order valence-electron chi connectivity index (χ2n) is 2.81. The Morgan fingerprint density at radius 1 is 1.31 bits per heavy atom. The number of nitrogens with zero attached hydrogens (tertiary/aromatic N) is 1. The van der Waals surface area contributed by atoms with Crippen molar-refractivity contribution in [3.05, 3.63) is 28.8 Å². The molecule has 0 fully saturated rings. The molecule has 16 heavy (non-hydrogen) atoms. The summed E-state index contributed by atoms with van der Waals surface area (Å²) >= 11 is 0. The Labute approximate surface area is 85.5 Å². The monoisotopic (exact) mass is 245 g/mol. The molecule has 0 unspecified atom stereocenters. The van der Waals surface area contributed by atoms with Crippen LogP contribution in [0.25, 0.3) is 0 Å². The van der Waals surface area contributed by atoms with E-state index in [1.807, 2.05) is 0 Å². The largest absolute Gasteiger partial charge is 0.433 e. The van der Waals surface area contributed by atoms with Gasteiger partial charge >= 0.3 is 6.18 Å². The average molecular weight is 245 g/mol. The van der Waals surface area contributed by atoms with Crippen molar-refractivity contribution in [2.24, 2.45) is 0 Å². The highest BCUT2D eigenvalue weighted by Crippen LogP contribution is 2.32. The van der Waals surface area contributed by atoms with Crippen molar-refractivity contribution in [3.8, 4) is 0 Å². The van der Waals surface area contributed by atoms with Gasteiger partial charge in [-0.1, -0.05) is 0 Å². The minimum atomic E-state index is -5.02. The highest BCUT2D eigenvalue weighted by Gasteiger charge is 2.35. The van der Waals surface area contributed by atoms with E-state index in [2.05, 4.69) is 4.98 Å². The summed E-state index contributed by atoms with van der Waals surface area (Å²) in [6.45, 7) is -1.14. The Morgan fingerprint density at radius 3 is 2.25 bits per heavy atom. The van der Waals surface area contributed by atoms with Gasteiger partial charge in [-0.15, -0.1) is 0 Å². The van der Waals surface area contributed by atoms with Gasteiger partial charge in [0.1, 0.15) is 17.2 Å². The number of aromatic nitrogens is 1. The molecule has 8 heteroatoms. The van der Waals surface area contributed by atoms with Gasteiger partial charge in [0.2, 0.25) is 0 Å². The Hall–Kier alpha value is -1.31. The summed E-state index contributed by atoms with van der Waals surface area (Å²) in [7, 11) is 0. The second-order valence-corrected chi connectivity index (χ2v) is 2.81. The molecular weight excluding hydrogens is 240 g/mol. The van der Waals surface area contributed by atoms with Crippen molar-refractivity contribution in [3.63, 3.8) is 0 Å². The lowest BCUT2D eigenvalue weighted by Crippen LogP contribution is -2.13. The van der Waals surface area contributed by atoms with E-state index in [9.17, 15) is 26.3 Å². The van der Waals surface area contributed by atoms with E-state index in [0.717, 1.165) is 0 Å². The Kier molecular flexibility index (Phi) is 3.41. The molecular formula is C8H5F6NO. The topological polar surface area (TPSA) is 33.1 Å². The smallest absolute Gasteiger partial charge is 0.391 e. The molecule has 0 aliphatic carbocycles. The normalized spacial score (nSPS) is 12.2. The average Bonchev–Trinajstić information content (AvgIpc) is 2.14. The van der Waals surface area contributed by atoms with Crippen LogP contribution in [0.15, 0.2) is 6.07 Å². The van der Waals surface area contributed by atoms with E-state index in [4.69, 9.17) is 5.11 Å². The summed E-state index contributed by atoms with van der Waals surface area (Å²) < 4.78 is 73.8. The molecule has 0 saturated carbocycles. The van der Waals surface area contributed by atoms with Gasteiger partial charge in [0.05, 0.1) is 6.61 Å². The van der Waals surface area contributed by atoms with Crippen LogP contribution in [0.1, 0.15) is 23.4 Å². The summed E-state index contributed by atoms with van der Waals surface area (Å²) in [5.41, 5.74) is -4.07. The molecule has 0 radical (unpaired) electrons. The molecule has 90 valence electrons. The molecule has 1 aromatic rings. The first-order chi connectivity index (χ1) is 7.27. The van der Waals surface area contributed by atoms with Gasteiger partial charge in [0, 0.05) is 11.6 Å². The first-order valence-corrected chi connectivity index (χ1v) is 3.93. The molecule has 0 aromatic carbocycles. The standard InChI is InChI=1S/C8H5F6NO/c9-4-1-5(8(12,13)14)15-6(7(10)11)3(4)2-16/h1,7,16H,2H2. The van der Waals surface area contributed by atoms with Crippen molar-refractivity contribution in [1.29, 1.82) is 0 Å². The lowest BCUT2D eigenvalue weighted by Gasteiger charge is -2.11. The number of aliphatic hydroxyl groups excluding tert-OH is 1. The molecule has 1 N–H and O–H groups in total. The van der Waals surface area contributed by atoms with Crippen LogP contribution in [-0.4, -0.2) is 10.1 Å². The number of alkyl halides is 5. The molecule has 2 nitrogen and oxygen atoms in total. The molecule has 1 heterocycles. The molecule has 0 aliphatic heterocycles. The molecule has 0 bridgehead atoms. The molecule has 0 spiro atoms. The van der Waals surface area contributed by atoms with Crippen LogP contribution in [0.5, 0.6) is 0 Å². The Morgan fingerprint density at radius 2 is 1.88 bits per heavy atom. The van der Waals surface area contributed by atoms with Gasteiger partial charge in [-0.25, -0.2) is 18.2 Å². The van der Waals surface area contributed by atoms with Crippen molar-refractivity contribution >= 4 is 0 Å². The fourth-order valence-corrected chi connectivity index (χ4v) is 1.04. The van der Waals surface area contributed by atoms with Gasteiger partial charge < -0.3 is 5.11 Å². The third kappa shape index (κ3) is 2.43. The maximum absolute atomic E-state index is 13.0. The van der Waals surface area contributed by atoms with Gasteiger partial charge in [-0.2, -0.15) is 13.2 Å². The molecule has 1 aromatic heterocycles. The Bertz CT molecular complexity index is 389. The molecule has 1 rings (SSSR count). The van der Waals surface area contributed by atoms with Gasteiger partial charge in [-0.3, -0.25) is 0 Å². The number of hydrogen-bond donors (Lipinski definition) is 1. The van der Waals surface area contributed by atoms with Crippen LogP contribution in [0.3, 0.4) is 0 Å². The summed E-state index contributed by atoms with van der Waals surface area (Å²) in [4.78, 5) is 2.60. The predicted octanol–water partition coefficient (Wildman–Crippen LogP) is 2.67. The number of hydrogen-bond acceptors (Lipinski definition) is 2. The minimum absolute atomic E-state index is 0.0303. The van der Waals surface area contributed by atoms with E-state index >= 15 is 0 Å². The zero-order valence-corrected chi connectivity index (χ0v) is 7.52. The zero-order valence-electron chi connectivity index (χ0n) is 7.52. The van der Waals surface area contributed by atoms with E-state index in [1.54, 1.807) is 0 Å². The van der Waals surface area contributed by atoms with E-state index in [1.165, 1.54) is 0 Å². The van der Waals surface area contributed by atoms with Crippen LogP contribution in [0.2, 0.25) is 0 Å². The summed E-state index contributed by atoms with van der Waals surface area (Å²) in [5, 5.41) is 8.55. The second kappa shape index (κ2) is 4.28. The lowest BCUT2D eigenvalue weighted by atomic mass is 10.1. The zero-order chi connectivity index (χ0) is 12.5. The number of halogens is 6. The van der Waals surface area contributed by atoms with E-state index in [-0.39, 0.29) is 6.07 Å². The Balaban J connectivity index is 3.40.